The number of rotatable bonds is 3. The maximum absolute atomic E-state index is 12.8. The Labute approximate surface area is 142 Å². The zero-order valence-electron chi connectivity index (χ0n) is 14.0. The molecule has 1 N–H and O–H groups in total. The fourth-order valence-electron chi connectivity index (χ4n) is 4.01. The van der Waals surface area contributed by atoms with E-state index in [9.17, 15) is 4.79 Å². The number of aromatic amines is 1. The van der Waals surface area contributed by atoms with Crippen LogP contribution in [0, 0.1) is 0 Å². The van der Waals surface area contributed by atoms with Gasteiger partial charge in [0.2, 0.25) is 5.91 Å². The fourth-order valence-corrected chi connectivity index (χ4v) is 4.01. The monoisotopic (exact) mass is 325 g/mol. The molecule has 1 aliphatic carbocycles. The van der Waals surface area contributed by atoms with E-state index in [2.05, 4.69) is 22.3 Å². The van der Waals surface area contributed by atoms with E-state index in [0.29, 0.717) is 18.9 Å². The van der Waals surface area contributed by atoms with Gasteiger partial charge in [0, 0.05) is 37.2 Å². The quantitative estimate of drug-likeness (QED) is 0.944. The van der Waals surface area contributed by atoms with Gasteiger partial charge in [-0.3, -0.25) is 9.89 Å². The van der Waals surface area contributed by atoms with Crippen LogP contribution < -0.4 is 4.74 Å². The van der Waals surface area contributed by atoms with E-state index >= 15 is 0 Å². The molecule has 0 radical (unpaired) electrons. The summed E-state index contributed by atoms with van der Waals surface area (Å²) < 4.78 is 5.33. The lowest BCUT2D eigenvalue weighted by Crippen LogP contribution is -2.36. The first kappa shape index (κ1) is 15.2. The molecule has 0 spiro atoms. The summed E-state index contributed by atoms with van der Waals surface area (Å²) in [6.07, 6.45) is 6.64. The summed E-state index contributed by atoms with van der Waals surface area (Å²) in [5, 5.41) is 7.11. The van der Waals surface area contributed by atoms with Crippen LogP contribution >= 0.6 is 0 Å². The minimum atomic E-state index is 0.260. The third-order valence-electron chi connectivity index (χ3n) is 5.36. The summed E-state index contributed by atoms with van der Waals surface area (Å²) in [4.78, 5) is 14.8. The van der Waals surface area contributed by atoms with Crippen molar-refractivity contribution in [2.75, 3.05) is 13.7 Å². The van der Waals surface area contributed by atoms with E-state index in [1.807, 2.05) is 17.2 Å². The van der Waals surface area contributed by atoms with Gasteiger partial charge < -0.3 is 9.64 Å². The predicted octanol–water partition coefficient (Wildman–Crippen LogP) is 2.81. The smallest absolute Gasteiger partial charge is 0.223 e. The van der Waals surface area contributed by atoms with E-state index in [1.165, 1.54) is 16.8 Å². The van der Waals surface area contributed by atoms with Crippen molar-refractivity contribution in [2.45, 2.75) is 44.6 Å². The van der Waals surface area contributed by atoms with Crippen LogP contribution in [0.1, 0.15) is 47.6 Å². The fraction of sp³-hybridized carbons (Fsp3) is 0.474. The van der Waals surface area contributed by atoms with Crippen molar-refractivity contribution in [2.24, 2.45) is 0 Å². The highest BCUT2D eigenvalue weighted by atomic mass is 16.5. The van der Waals surface area contributed by atoms with Crippen molar-refractivity contribution in [3.8, 4) is 5.75 Å². The standard InChI is InChI=1S/C19H23N3O2/c1-24-16-5-6-17-13(9-16)3-2-4-14(17)10-19(23)22-8-7-18-15(12-22)11-20-21-18/h5-6,9,11,14H,2-4,7-8,10,12H2,1H3,(H,20,21). The van der Waals surface area contributed by atoms with Gasteiger partial charge >= 0.3 is 0 Å². The van der Waals surface area contributed by atoms with Gasteiger partial charge in [0.1, 0.15) is 5.75 Å². The highest BCUT2D eigenvalue weighted by Gasteiger charge is 2.27. The molecule has 1 aromatic heterocycles. The molecular weight excluding hydrogens is 302 g/mol. The Bertz CT molecular complexity index is 753. The molecular formula is C19H23N3O2. The largest absolute Gasteiger partial charge is 0.497 e. The second-order valence-electron chi connectivity index (χ2n) is 6.80. The lowest BCUT2D eigenvalue weighted by molar-refractivity contribution is -0.132. The van der Waals surface area contributed by atoms with Crippen LogP contribution in [0.15, 0.2) is 24.4 Å². The first-order valence-electron chi connectivity index (χ1n) is 8.70. The first-order valence-corrected chi connectivity index (χ1v) is 8.70. The predicted molar refractivity (Wildman–Crippen MR) is 91.0 cm³/mol. The second kappa shape index (κ2) is 6.30. The average molecular weight is 325 g/mol. The number of methoxy groups -OCH3 is 1. The third kappa shape index (κ3) is 2.79. The normalized spacial score (nSPS) is 19.5. The molecule has 2 heterocycles. The van der Waals surface area contributed by atoms with Gasteiger partial charge in [-0.1, -0.05) is 6.07 Å². The maximum atomic E-state index is 12.8. The molecule has 1 atom stereocenters. The zero-order chi connectivity index (χ0) is 16.5. The molecule has 5 heteroatoms. The number of benzene rings is 1. The van der Waals surface area contributed by atoms with E-state index in [1.54, 1.807) is 7.11 Å². The number of fused-ring (bicyclic) bond motifs is 2. The molecule has 1 unspecified atom stereocenters. The van der Waals surface area contributed by atoms with Crippen molar-refractivity contribution in [3.63, 3.8) is 0 Å². The molecule has 0 saturated carbocycles. The number of aromatic nitrogens is 2. The molecule has 0 bridgehead atoms. The lowest BCUT2D eigenvalue weighted by atomic mass is 9.80. The second-order valence-corrected chi connectivity index (χ2v) is 6.80. The van der Waals surface area contributed by atoms with E-state index < -0.39 is 0 Å². The molecule has 24 heavy (non-hydrogen) atoms. The molecule has 1 aliphatic heterocycles. The maximum Gasteiger partial charge on any atom is 0.223 e. The number of amides is 1. The van der Waals surface area contributed by atoms with Gasteiger partial charge in [0.15, 0.2) is 0 Å². The summed E-state index contributed by atoms with van der Waals surface area (Å²) in [5.74, 6) is 1.50. The topological polar surface area (TPSA) is 58.2 Å². The van der Waals surface area contributed by atoms with Gasteiger partial charge in [-0.2, -0.15) is 5.10 Å². The number of carbonyl (C=O) groups is 1. The van der Waals surface area contributed by atoms with Crippen molar-refractivity contribution in [1.29, 1.82) is 0 Å². The van der Waals surface area contributed by atoms with Crippen LogP contribution in [0.25, 0.3) is 0 Å². The van der Waals surface area contributed by atoms with Crippen LogP contribution in [0.5, 0.6) is 5.75 Å². The van der Waals surface area contributed by atoms with Gasteiger partial charge in [-0.25, -0.2) is 0 Å². The summed E-state index contributed by atoms with van der Waals surface area (Å²) in [6.45, 7) is 1.48. The summed E-state index contributed by atoms with van der Waals surface area (Å²) >= 11 is 0. The highest BCUT2D eigenvalue weighted by molar-refractivity contribution is 5.77. The summed E-state index contributed by atoms with van der Waals surface area (Å²) in [6, 6.07) is 6.29. The number of H-pyrrole nitrogens is 1. The Kier molecular flexibility index (Phi) is 4.00. The van der Waals surface area contributed by atoms with Crippen molar-refractivity contribution < 1.29 is 9.53 Å². The Morgan fingerprint density at radius 2 is 2.29 bits per heavy atom. The van der Waals surface area contributed by atoms with Crippen LogP contribution in [0.3, 0.4) is 0 Å². The van der Waals surface area contributed by atoms with Crippen LogP contribution in [-0.2, 0) is 24.2 Å². The van der Waals surface area contributed by atoms with Crippen molar-refractivity contribution in [3.05, 3.63) is 46.8 Å². The first-order chi connectivity index (χ1) is 11.7. The molecule has 1 aromatic carbocycles. The van der Waals surface area contributed by atoms with Crippen LogP contribution in [0.2, 0.25) is 0 Å². The Morgan fingerprint density at radius 3 is 3.17 bits per heavy atom. The van der Waals surface area contributed by atoms with Gasteiger partial charge in [-0.05, 0) is 48.4 Å². The SMILES string of the molecule is COc1ccc2c(c1)CCCC2CC(=O)N1CCc2[nH]ncc2C1. The number of nitrogens with zero attached hydrogens (tertiary/aromatic N) is 2. The number of hydrogen-bond donors (Lipinski definition) is 1. The molecule has 0 fully saturated rings. The van der Waals surface area contributed by atoms with E-state index in [-0.39, 0.29) is 5.91 Å². The number of carbonyl (C=O) groups excluding carboxylic acids is 1. The van der Waals surface area contributed by atoms with Crippen LogP contribution in [0.4, 0.5) is 0 Å². The van der Waals surface area contributed by atoms with Crippen molar-refractivity contribution >= 4 is 5.91 Å². The highest BCUT2D eigenvalue weighted by Crippen LogP contribution is 2.36. The molecule has 4 rings (SSSR count). The molecule has 5 nitrogen and oxygen atoms in total. The number of aryl methyl sites for hydroxylation is 1. The Morgan fingerprint density at radius 1 is 1.38 bits per heavy atom. The minimum Gasteiger partial charge on any atom is -0.497 e. The zero-order valence-corrected chi connectivity index (χ0v) is 14.0. The van der Waals surface area contributed by atoms with Gasteiger partial charge in [0.25, 0.3) is 0 Å². The number of hydrogen-bond acceptors (Lipinski definition) is 3. The van der Waals surface area contributed by atoms with Gasteiger partial charge in [0.05, 0.1) is 13.3 Å². The Hall–Kier alpha value is -2.30. The summed E-state index contributed by atoms with van der Waals surface area (Å²) in [7, 11) is 1.70. The van der Waals surface area contributed by atoms with E-state index in [4.69, 9.17) is 4.74 Å². The van der Waals surface area contributed by atoms with E-state index in [0.717, 1.165) is 43.5 Å². The third-order valence-corrected chi connectivity index (χ3v) is 5.36. The average Bonchev–Trinajstić information content (AvgIpc) is 3.09. The number of nitrogens with one attached hydrogen (secondary N) is 1. The lowest BCUT2D eigenvalue weighted by Gasteiger charge is -2.30. The van der Waals surface area contributed by atoms with Gasteiger partial charge in [-0.15, -0.1) is 0 Å². The number of ether oxygens (including phenoxy) is 1. The summed E-state index contributed by atoms with van der Waals surface area (Å²) in [5.41, 5.74) is 5.00. The molecule has 0 saturated heterocycles. The molecule has 2 aromatic rings. The molecule has 1 amide bonds. The Balaban J connectivity index is 1.47. The minimum absolute atomic E-state index is 0.260. The molecule has 2 aliphatic rings. The van der Waals surface area contributed by atoms with Crippen molar-refractivity contribution in [1.82, 2.24) is 15.1 Å². The molecule has 126 valence electrons. The van der Waals surface area contributed by atoms with Crippen LogP contribution in [-0.4, -0.2) is 34.7 Å².